The number of aliphatic imine (C=N–C) groups is 1. The zero-order chi connectivity index (χ0) is 20.1. The van der Waals surface area contributed by atoms with E-state index in [4.69, 9.17) is 15.5 Å². The summed E-state index contributed by atoms with van der Waals surface area (Å²) in [5.74, 6) is 2.04. The Balaban J connectivity index is 1.65. The third-order valence-electron chi connectivity index (χ3n) is 5.85. The molecular weight excluding hydrogens is 354 g/mol. The Bertz CT molecular complexity index is 711. The van der Waals surface area contributed by atoms with Crippen molar-refractivity contribution >= 4 is 11.9 Å². The third-order valence-corrected chi connectivity index (χ3v) is 5.85. The molecule has 2 aliphatic heterocycles. The summed E-state index contributed by atoms with van der Waals surface area (Å²) in [6.07, 6.45) is 0.987. The molecule has 1 atom stereocenters. The van der Waals surface area contributed by atoms with Gasteiger partial charge in [0.25, 0.3) is 0 Å². The van der Waals surface area contributed by atoms with Gasteiger partial charge < -0.3 is 20.7 Å². The quantitative estimate of drug-likeness (QED) is 0.589. The van der Waals surface area contributed by atoms with Crippen LogP contribution in [-0.2, 0) is 4.79 Å². The number of carbonyl (C=O) groups excluding carboxylic acids is 1. The minimum Gasteiger partial charge on any atom is -0.493 e. The van der Waals surface area contributed by atoms with E-state index in [1.165, 1.54) is 5.56 Å². The van der Waals surface area contributed by atoms with Gasteiger partial charge in [-0.15, -0.1) is 0 Å². The predicted molar refractivity (Wildman–Crippen MR) is 112 cm³/mol. The van der Waals surface area contributed by atoms with Gasteiger partial charge in [0.1, 0.15) is 5.75 Å². The van der Waals surface area contributed by atoms with Crippen LogP contribution in [0, 0.1) is 0 Å². The van der Waals surface area contributed by atoms with Crippen molar-refractivity contribution in [3.8, 4) is 5.75 Å². The van der Waals surface area contributed by atoms with Gasteiger partial charge in [-0.1, -0.05) is 18.2 Å². The predicted octanol–water partition coefficient (Wildman–Crippen LogP) is 1.40. The first-order valence-electron chi connectivity index (χ1n) is 10.2. The van der Waals surface area contributed by atoms with Crippen molar-refractivity contribution in [1.82, 2.24) is 15.1 Å². The molecule has 3 N–H and O–H groups in total. The van der Waals surface area contributed by atoms with Gasteiger partial charge in [-0.3, -0.25) is 14.7 Å². The highest BCUT2D eigenvalue weighted by atomic mass is 16.5. The molecule has 0 aliphatic carbocycles. The van der Waals surface area contributed by atoms with E-state index in [2.05, 4.69) is 34.2 Å². The van der Waals surface area contributed by atoms with E-state index in [9.17, 15) is 4.79 Å². The molecule has 154 valence electrons. The number of fused-ring (bicyclic) bond motifs is 1. The smallest absolute Gasteiger partial charge is 0.237 e. The maximum atomic E-state index is 11.7. The molecule has 28 heavy (non-hydrogen) atoms. The molecule has 0 spiro atoms. The second-order valence-corrected chi connectivity index (χ2v) is 7.96. The zero-order valence-corrected chi connectivity index (χ0v) is 17.3. The van der Waals surface area contributed by atoms with E-state index < -0.39 is 5.54 Å². The molecule has 0 aromatic heterocycles. The van der Waals surface area contributed by atoms with Crippen LogP contribution in [0.4, 0.5) is 0 Å². The number of nitrogens with one attached hydrogen (secondary N) is 1. The Labute approximate surface area is 167 Å². The summed E-state index contributed by atoms with van der Waals surface area (Å²) in [5, 5.41) is 3.43. The highest BCUT2D eigenvalue weighted by Gasteiger charge is 2.35. The van der Waals surface area contributed by atoms with Gasteiger partial charge in [-0.25, -0.2) is 0 Å². The second kappa shape index (κ2) is 8.82. The fourth-order valence-electron chi connectivity index (χ4n) is 3.86. The average Bonchev–Trinajstić information content (AvgIpc) is 2.71. The fraction of sp³-hybridized carbons (Fsp3) is 0.619. The number of nitrogens with zero attached hydrogens (tertiary/aromatic N) is 3. The summed E-state index contributed by atoms with van der Waals surface area (Å²) in [6, 6.07) is 8.26. The fourth-order valence-corrected chi connectivity index (χ4v) is 3.86. The lowest BCUT2D eigenvalue weighted by Gasteiger charge is -2.43. The summed E-state index contributed by atoms with van der Waals surface area (Å²) in [5.41, 5.74) is 6.21. The van der Waals surface area contributed by atoms with Crippen LogP contribution >= 0.6 is 0 Å². The van der Waals surface area contributed by atoms with Gasteiger partial charge in [0.15, 0.2) is 5.96 Å². The summed E-state index contributed by atoms with van der Waals surface area (Å²) < 4.78 is 5.77. The monoisotopic (exact) mass is 387 g/mol. The SMILES string of the molecule is CCNC(=NCC1CCOc2ccccc21)N1CCN(C(C)(C)C(N)=O)CC1. The Morgan fingerprint density at radius 3 is 2.68 bits per heavy atom. The molecule has 0 saturated carbocycles. The molecular formula is C21H33N5O2. The van der Waals surface area contributed by atoms with E-state index in [-0.39, 0.29) is 5.91 Å². The first-order valence-corrected chi connectivity index (χ1v) is 10.2. The van der Waals surface area contributed by atoms with Gasteiger partial charge in [-0.05, 0) is 38.8 Å². The second-order valence-electron chi connectivity index (χ2n) is 7.96. The molecule has 1 saturated heterocycles. The lowest BCUT2D eigenvalue weighted by molar-refractivity contribution is -0.129. The molecule has 1 aromatic rings. The van der Waals surface area contributed by atoms with E-state index in [1.807, 2.05) is 26.0 Å². The van der Waals surface area contributed by atoms with Gasteiger partial charge in [0.2, 0.25) is 5.91 Å². The normalized spacial score (nSPS) is 21.0. The number of piperazine rings is 1. The largest absolute Gasteiger partial charge is 0.493 e. The number of hydrogen-bond acceptors (Lipinski definition) is 4. The van der Waals surface area contributed by atoms with Crippen molar-refractivity contribution in [2.45, 2.75) is 38.6 Å². The van der Waals surface area contributed by atoms with Gasteiger partial charge in [0.05, 0.1) is 12.1 Å². The van der Waals surface area contributed by atoms with Crippen molar-refractivity contribution in [2.24, 2.45) is 10.7 Å². The molecule has 1 aromatic carbocycles. The van der Waals surface area contributed by atoms with E-state index in [0.29, 0.717) is 5.92 Å². The number of guanidine groups is 1. The topological polar surface area (TPSA) is 83.2 Å². The maximum Gasteiger partial charge on any atom is 0.237 e. The molecule has 0 radical (unpaired) electrons. The zero-order valence-electron chi connectivity index (χ0n) is 17.3. The van der Waals surface area contributed by atoms with Crippen molar-refractivity contribution in [3.63, 3.8) is 0 Å². The number of carbonyl (C=O) groups is 1. The highest BCUT2D eigenvalue weighted by Crippen LogP contribution is 2.33. The van der Waals surface area contributed by atoms with Crippen molar-refractivity contribution in [3.05, 3.63) is 29.8 Å². The first-order chi connectivity index (χ1) is 13.4. The number of benzene rings is 1. The first kappa shape index (κ1) is 20.5. The molecule has 2 aliphatic rings. The van der Waals surface area contributed by atoms with Crippen LogP contribution in [0.5, 0.6) is 5.75 Å². The Hall–Kier alpha value is -2.28. The number of hydrogen-bond donors (Lipinski definition) is 2. The number of para-hydroxylation sites is 1. The van der Waals surface area contributed by atoms with Crippen LogP contribution in [0.15, 0.2) is 29.3 Å². The van der Waals surface area contributed by atoms with E-state index in [0.717, 1.165) is 64.0 Å². The van der Waals surface area contributed by atoms with Crippen molar-refractivity contribution < 1.29 is 9.53 Å². The van der Waals surface area contributed by atoms with Crippen LogP contribution in [0.25, 0.3) is 0 Å². The summed E-state index contributed by atoms with van der Waals surface area (Å²) in [7, 11) is 0. The minimum atomic E-state index is -0.618. The number of amides is 1. The van der Waals surface area contributed by atoms with E-state index in [1.54, 1.807) is 0 Å². The summed E-state index contributed by atoms with van der Waals surface area (Å²) in [4.78, 5) is 21.1. The molecule has 1 fully saturated rings. The summed E-state index contributed by atoms with van der Waals surface area (Å²) in [6.45, 7) is 11.4. The molecule has 1 unspecified atom stereocenters. The van der Waals surface area contributed by atoms with Crippen LogP contribution < -0.4 is 15.8 Å². The van der Waals surface area contributed by atoms with Crippen molar-refractivity contribution in [2.75, 3.05) is 45.9 Å². The number of primary amides is 1. The average molecular weight is 388 g/mol. The van der Waals surface area contributed by atoms with Crippen LogP contribution in [-0.4, -0.2) is 73.1 Å². The molecule has 7 heteroatoms. The van der Waals surface area contributed by atoms with Crippen LogP contribution in [0.3, 0.4) is 0 Å². The number of rotatable bonds is 5. The number of nitrogens with two attached hydrogens (primary N) is 1. The lowest BCUT2D eigenvalue weighted by Crippen LogP contribution is -2.61. The molecule has 2 heterocycles. The van der Waals surface area contributed by atoms with Crippen molar-refractivity contribution in [1.29, 1.82) is 0 Å². The minimum absolute atomic E-state index is 0.278. The van der Waals surface area contributed by atoms with Gasteiger partial charge in [0, 0.05) is 45.2 Å². The lowest BCUT2D eigenvalue weighted by atomic mass is 9.93. The maximum absolute atomic E-state index is 11.7. The van der Waals surface area contributed by atoms with Gasteiger partial charge in [-0.2, -0.15) is 0 Å². The van der Waals surface area contributed by atoms with Gasteiger partial charge >= 0.3 is 0 Å². The highest BCUT2D eigenvalue weighted by molar-refractivity contribution is 5.84. The Morgan fingerprint density at radius 2 is 2.00 bits per heavy atom. The standard InChI is InChI=1S/C21H33N5O2/c1-4-23-20(25-10-12-26(13-11-25)21(2,3)19(22)27)24-15-16-9-14-28-18-8-6-5-7-17(16)18/h5-8,16H,4,9-15H2,1-3H3,(H2,22,27)(H,23,24). The summed E-state index contributed by atoms with van der Waals surface area (Å²) >= 11 is 0. The van der Waals surface area contributed by atoms with Crippen LogP contribution in [0.1, 0.15) is 38.7 Å². The molecule has 1 amide bonds. The molecule has 0 bridgehead atoms. The Kier molecular flexibility index (Phi) is 6.44. The number of ether oxygens (including phenoxy) is 1. The Morgan fingerprint density at radius 1 is 1.29 bits per heavy atom. The third kappa shape index (κ3) is 4.41. The van der Waals surface area contributed by atoms with E-state index >= 15 is 0 Å². The molecule has 3 rings (SSSR count). The van der Waals surface area contributed by atoms with Crippen LogP contribution in [0.2, 0.25) is 0 Å². The molecule has 7 nitrogen and oxygen atoms in total.